The van der Waals surface area contributed by atoms with Crippen LogP contribution < -0.4 is 19.5 Å². The van der Waals surface area contributed by atoms with Gasteiger partial charge in [-0.15, -0.1) is 0 Å². The first-order valence-corrected chi connectivity index (χ1v) is 8.17. The van der Waals surface area contributed by atoms with E-state index in [9.17, 15) is 4.79 Å². The topological polar surface area (TPSA) is 56.8 Å². The predicted octanol–water partition coefficient (Wildman–Crippen LogP) is 2.85. The van der Waals surface area contributed by atoms with Gasteiger partial charge in [0.2, 0.25) is 6.10 Å². The molecule has 2 aliphatic heterocycles. The van der Waals surface area contributed by atoms with Gasteiger partial charge in [0.05, 0.1) is 12.6 Å². The fourth-order valence-corrected chi connectivity index (χ4v) is 3.15. The highest BCUT2D eigenvalue weighted by Gasteiger charge is 2.35. The van der Waals surface area contributed by atoms with Crippen LogP contribution in [-0.4, -0.2) is 24.7 Å². The Bertz CT molecular complexity index is 761. The van der Waals surface area contributed by atoms with E-state index in [1.54, 1.807) is 0 Å². The summed E-state index contributed by atoms with van der Waals surface area (Å²) in [5, 5.41) is 3.08. The van der Waals surface area contributed by atoms with Crippen molar-refractivity contribution in [2.75, 3.05) is 6.61 Å². The molecule has 0 aliphatic carbocycles. The van der Waals surface area contributed by atoms with Crippen LogP contribution >= 0.6 is 0 Å². The Hall–Kier alpha value is -2.69. The van der Waals surface area contributed by atoms with Gasteiger partial charge in [0.25, 0.3) is 5.91 Å². The minimum absolute atomic E-state index is 0.0737. The number of para-hydroxylation sites is 3. The van der Waals surface area contributed by atoms with Crippen molar-refractivity contribution in [3.8, 4) is 17.2 Å². The van der Waals surface area contributed by atoms with Gasteiger partial charge in [-0.05, 0) is 25.1 Å². The third-order valence-corrected chi connectivity index (χ3v) is 4.38. The summed E-state index contributed by atoms with van der Waals surface area (Å²) in [6, 6.07) is 15.1. The van der Waals surface area contributed by atoms with Crippen LogP contribution in [0.3, 0.4) is 0 Å². The molecule has 0 saturated carbocycles. The zero-order valence-corrected chi connectivity index (χ0v) is 13.4. The highest BCUT2D eigenvalue weighted by molar-refractivity contribution is 5.83. The van der Waals surface area contributed by atoms with Gasteiger partial charge in [0.1, 0.15) is 11.9 Å². The summed E-state index contributed by atoms with van der Waals surface area (Å²) in [5.74, 6) is 1.93. The fourth-order valence-electron chi connectivity index (χ4n) is 3.15. The third kappa shape index (κ3) is 2.66. The van der Waals surface area contributed by atoms with Crippen LogP contribution in [0.2, 0.25) is 0 Å². The molecule has 3 atom stereocenters. The van der Waals surface area contributed by atoms with E-state index >= 15 is 0 Å². The Morgan fingerprint density at radius 3 is 2.46 bits per heavy atom. The maximum absolute atomic E-state index is 12.7. The van der Waals surface area contributed by atoms with Gasteiger partial charge in [-0.2, -0.15) is 0 Å². The Kier molecular flexibility index (Phi) is 3.76. The van der Waals surface area contributed by atoms with Gasteiger partial charge in [0.15, 0.2) is 11.5 Å². The summed E-state index contributed by atoms with van der Waals surface area (Å²) < 4.78 is 17.3. The van der Waals surface area contributed by atoms with Crippen LogP contribution in [0, 0.1) is 0 Å². The molecule has 0 saturated heterocycles. The monoisotopic (exact) mass is 325 g/mol. The minimum Gasteiger partial charge on any atom is -0.493 e. The molecular weight excluding hydrogens is 306 g/mol. The molecule has 2 heterocycles. The lowest BCUT2D eigenvalue weighted by atomic mass is 10.00. The molecule has 4 rings (SSSR count). The van der Waals surface area contributed by atoms with Crippen LogP contribution in [0.25, 0.3) is 0 Å². The molecule has 0 aromatic heterocycles. The number of amides is 1. The van der Waals surface area contributed by atoms with Gasteiger partial charge >= 0.3 is 0 Å². The van der Waals surface area contributed by atoms with E-state index in [-0.39, 0.29) is 18.1 Å². The summed E-state index contributed by atoms with van der Waals surface area (Å²) in [6.07, 6.45) is -0.286. The second kappa shape index (κ2) is 6.07. The van der Waals surface area contributed by atoms with Gasteiger partial charge in [-0.3, -0.25) is 4.79 Å². The fraction of sp³-hybridized carbons (Fsp3) is 0.316. The summed E-state index contributed by atoms with van der Waals surface area (Å²) in [5.41, 5.74) is 1.00. The lowest BCUT2D eigenvalue weighted by Crippen LogP contribution is -2.50. The number of nitrogens with one attached hydrogen (secondary N) is 1. The predicted molar refractivity (Wildman–Crippen MR) is 88.4 cm³/mol. The molecule has 0 radical (unpaired) electrons. The van der Waals surface area contributed by atoms with E-state index in [0.717, 1.165) is 17.7 Å². The summed E-state index contributed by atoms with van der Waals surface area (Å²) in [4.78, 5) is 12.7. The van der Waals surface area contributed by atoms with Gasteiger partial charge < -0.3 is 19.5 Å². The minimum atomic E-state index is -0.671. The lowest BCUT2D eigenvalue weighted by Gasteiger charge is -2.33. The molecule has 5 heteroatoms. The summed E-state index contributed by atoms with van der Waals surface area (Å²) >= 11 is 0. The average Bonchev–Trinajstić information content (AvgIpc) is 2.61. The molecule has 0 spiro atoms. The molecule has 0 bridgehead atoms. The lowest BCUT2D eigenvalue weighted by molar-refractivity contribution is -0.134. The number of hydrogen-bond donors (Lipinski definition) is 1. The highest BCUT2D eigenvalue weighted by atomic mass is 16.6. The van der Waals surface area contributed by atoms with E-state index in [2.05, 4.69) is 5.32 Å². The molecule has 124 valence electrons. The van der Waals surface area contributed by atoms with Gasteiger partial charge in [-0.1, -0.05) is 30.3 Å². The standard InChI is InChI=1S/C19H19NO4/c1-12-18(24-17-9-5-4-8-16(17)23-12)19(21)20-14-10-11-22-15-7-3-2-6-13(14)15/h2-9,12,14,18H,10-11H2,1H3,(H,20,21)/t12-,14+,18-/m0/s1. The zero-order valence-electron chi connectivity index (χ0n) is 13.4. The van der Waals surface area contributed by atoms with E-state index in [0.29, 0.717) is 18.1 Å². The van der Waals surface area contributed by atoms with Crippen molar-refractivity contribution in [3.05, 3.63) is 54.1 Å². The molecule has 24 heavy (non-hydrogen) atoms. The molecule has 0 fully saturated rings. The molecule has 1 amide bonds. The molecule has 2 aromatic rings. The summed E-state index contributed by atoms with van der Waals surface area (Å²) in [6.45, 7) is 2.43. The normalized spacial score (nSPS) is 24.5. The molecule has 0 unspecified atom stereocenters. The Morgan fingerprint density at radius 2 is 1.67 bits per heavy atom. The highest BCUT2D eigenvalue weighted by Crippen LogP contribution is 2.35. The summed E-state index contributed by atoms with van der Waals surface area (Å²) in [7, 11) is 0. The van der Waals surface area contributed by atoms with Crippen molar-refractivity contribution in [3.63, 3.8) is 0 Å². The largest absolute Gasteiger partial charge is 0.493 e. The number of carbonyl (C=O) groups is 1. The molecule has 2 aliphatic rings. The van der Waals surface area contributed by atoms with Crippen molar-refractivity contribution in [1.29, 1.82) is 0 Å². The number of hydrogen-bond acceptors (Lipinski definition) is 4. The SMILES string of the molecule is C[C@@H]1Oc2ccccc2O[C@@H]1C(=O)N[C@@H]1CCOc2ccccc21. The maximum Gasteiger partial charge on any atom is 0.265 e. The molecular formula is C19H19NO4. The average molecular weight is 325 g/mol. The van der Waals surface area contributed by atoms with E-state index in [1.807, 2.05) is 55.5 Å². The Labute approximate surface area is 140 Å². The van der Waals surface area contributed by atoms with Crippen molar-refractivity contribution in [2.45, 2.75) is 31.6 Å². The Balaban J connectivity index is 1.51. The maximum atomic E-state index is 12.7. The van der Waals surface area contributed by atoms with Crippen LogP contribution in [0.5, 0.6) is 17.2 Å². The van der Waals surface area contributed by atoms with E-state index in [1.165, 1.54) is 0 Å². The molecule has 5 nitrogen and oxygen atoms in total. The smallest absolute Gasteiger partial charge is 0.265 e. The Morgan fingerprint density at radius 1 is 1.00 bits per heavy atom. The number of carbonyl (C=O) groups excluding carboxylic acids is 1. The number of ether oxygens (including phenoxy) is 3. The van der Waals surface area contributed by atoms with E-state index < -0.39 is 6.10 Å². The number of fused-ring (bicyclic) bond motifs is 2. The first-order chi connectivity index (χ1) is 11.7. The van der Waals surface area contributed by atoms with Crippen molar-refractivity contribution in [1.82, 2.24) is 5.32 Å². The van der Waals surface area contributed by atoms with Crippen molar-refractivity contribution >= 4 is 5.91 Å². The first kappa shape index (κ1) is 14.9. The third-order valence-electron chi connectivity index (χ3n) is 4.38. The van der Waals surface area contributed by atoms with Crippen molar-refractivity contribution < 1.29 is 19.0 Å². The van der Waals surface area contributed by atoms with E-state index in [4.69, 9.17) is 14.2 Å². The van der Waals surface area contributed by atoms with Gasteiger partial charge in [0, 0.05) is 12.0 Å². The van der Waals surface area contributed by atoms with Gasteiger partial charge in [-0.25, -0.2) is 0 Å². The van der Waals surface area contributed by atoms with Crippen LogP contribution in [0.4, 0.5) is 0 Å². The quantitative estimate of drug-likeness (QED) is 0.922. The first-order valence-electron chi connectivity index (χ1n) is 8.17. The number of benzene rings is 2. The molecule has 1 N–H and O–H groups in total. The van der Waals surface area contributed by atoms with Crippen LogP contribution in [0.15, 0.2) is 48.5 Å². The van der Waals surface area contributed by atoms with Crippen LogP contribution in [0.1, 0.15) is 24.9 Å². The second-order valence-corrected chi connectivity index (χ2v) is 6.04. The number of rotatable bonds is 2. The van der Waals surface area contributed by atoms with Crippen LogP contribution in [-0.2, 0) is 4.79 Å². The molecule has 2 aromatic carbocycles. The zero-order chi connectivity index (χ0) is 16.5. The second-order valence-electron chi connectivity index (χ2n) is 6.04. The van der Waals surface area contributed by atoms with Crippen molar-refractivity contribution in [2.24, 2.45) is 0 Å².